The third-order valence-electron chi connectivity index (χ3n) is 3.03. The lowest BCUT2D eigenvalue weighted by Crippen LogP contribution is -2.31. The molecule has 0 aliphatic rings. The van der Waals surface area contributed by atoms with Crippen LogP contribution in [-0.4, -0.2) is 23.0 Å². The van der Waals surface area contributed by atoms with Gasteiger partial charge in [-0.05, 0) is 58.3 Å². The van der Waals surface area contributed by atoms with Crippen LogP contribution in [-0.2, 0) is 6.54 Å². The topological polar surface area (TPSA) is 65.9 Å². The number of ether oxygens (including phenoxy) is 1. The Bertz CT molecular complexity index is 723. The van der Waals surface area contributed by atoms with Gasteiger partial charge in [0.15, 0.2) is 16.6 Å². The molecule has 126 valence electrons. The Kier molecular flexibility index (Phi) is 7.02. The summed E-state index contributed by atoms with van der Waals surface area (Å²) in [6.45, 7) is 2.94. The summed E-state index contributed by atoms with van der Waals surface area (Å²) >= 11 is 8.46. The maximum Gasteiger partial charge on any atom is 0.187 e. The van der Waals surface area contributed by atoms with E-state index < -0.39 is 0 Å². The number of phenols is 1. The number of nitrogens with one attached hydrogen (secondary N) is 2. The standard InChI is InChI=1S/C17H18BrN3O2S/c1-2-23-15-9-13(8-14(18)16(15)22)11-20-21-17(24)19-10-12-6-4-3-5-7-12/h3-9,11,22H,2,10H2,1H3,(H2,19,21,24)/b20-11+. The van der Waals surface area contributed by atoms with Crippen molar-refractivity contribution in [3.63, 3.8) is 0 Å². The van der Waals surface area contributed by atoms with E-state index in [-0.39, 0.29) is 5.75 Å². The van der Waals surface area contributed by atoms with Gasteiger partial charge in [-0.1, -0.05) is 30.3 Å². The van der Waals surface area contributed by atoms with Crippen molar-refractivity contribution in [1.29, 1.82) is 0 Å². The van der Waals surface area contributed by atoms with Gasteiger partial charge in [0.05, 0.1) is 17.3 Å². The molecule has 0 fully saturated rings. The molecule has 3 N–H and O–H groups in total. The molecule has 0 aliphatic heterocycles. The number of rotatable bonds is 6. The first-order chi connectivity index (χ1) is 11.6. The van der Waals surface area contributed by atoms with Crippen molar-refractivity contribution in [3.05, 3.63) is 58.1 Å². The van der Waals surface area contributed by atoms with Crippen molar-refractivity contribution in [3.8, 4) is 11.5 Å². The second-order valence-corrected chi connectivity index (χ2v) is 6.08. The van der Waals surface area contributed by atoms with Gasteiger partial charge in [-0.15, -0.1) is 0 Å². The molecule has 7 heteroatoms. The number of thiocarbonyl (C=S) groups is 1. The predicted octanol–water partition coefficient (Wildman–Crippen LogP) is 3.55. The highest BCUT2D eigenvalue weighted by molar-refractivity contribution is 9.10. The van der Waals surface area contributed by atoms with Crippen LogP contribution in [0, 0.1) is 0 Å². The summed E-state index contributed by atoms with van der Waals surface area (Å²) in [5, 5.41) is 17.5. The van der Waals surface area contributed by atoms with E-state index in [4.69, 9.17) is 17.0 Å². The van der Waals surface area contributed by atoms with E-state index in [2.05, 4.69) is 31.8 Å². The van der Waals surface area contributed by atoms with Crippen molar-refractivity contribution >= 4 is 39.5 Å². The molecule has 2 aromatic rings. The summed E-state index contributed by atoms with van der Waals surface area (Å²) in [6.07, 6.45) is 1.60. The molecule has 5 nitrogen and oxygen atoms in total. The Morgan fingerprint density at radius 1 is 1.33 bits per heavy atom. The third kappa shape index (κ3) is 5.50. The fourth-order valence-electron chi connectivity index (χ4n) is 1.92. The van der Waals surface area contributed by atoms with Crippen molar-refractivity contribution in [2.75, 3.05) is 6.61 Å². The zero-order valence-electron chi connectivity index (χ0n) is 13.1. The molecule has 0 aliphatic carbocycles. The molecule has 2 aromatic carbocycles. The lowest BCUT2D eigenvalue weighted by Gasteiger charge is -2.09. The van der Waals surface area contributed by atoms with Gasteiger partial charge in [-0.25, -0.2) is 0 Å². The number of hydrazone groups is 1. The second kappa shape index (κ2) is 9.24. The molecular weight excluding hydrogens is 390 g/mol. The second-order valence-electron chi connectivity index (χ2n) is 4.82. The molecule has 0 saturated carbocycles. The lowest BCUT2D eigenvalue weighted by atomic mass is 10.2. The summed E-state index contributed by atoms with van der Waals surface area (Å²) in [4.78, 5) is 0. The van der Waals surface area contributed by atoms with Gasteiger partial charge in [-0.2, -0.15) is 5.10 Å². The summed E-state index contributed by atoms with van der Waals surface area (Å²) in [6, 6.07) is 13.4. The maximum absolute atomic E-state index is 9.88. The van der Waals surface area contributed by atoms with Crippen molar-refractivity contribution < 1.29 is 9.84 Å². The van der Waals surface area contributed by atoms with Gasteiger partial charge in [0.1, 0.15) is 0 Å². The highest BCUT2D eigenvalue weighted by atomic mass is 79.9. The summed E-state index contributed by atoms with van der Waals surface area (Å²) in [5.74, 6) is 0.472. The Balaban J connectivity index is 1.90. The summed E-state index contributed by atoms with van der Waals surface area (Å²) in [7, 11) is 0. The number of benzene rings is 2. The molecule has 24 heavy (non-hydrogen) atoms. The number of hydrogen-bond acceptors (Lipinski definition) is 4. The average Bonchev–Trinajstić information content (AvgIpc) is 2.58. The van der Waals surface area contributed by atoms with Gasteiger partial charge in [-0.3, -0.25) is 5.43 Å². The van der Waals surface area contributed by atoms with Gasteiger partial charge < -0.3 is 15.2 Å². The van der Waals surface area contributed by atoms with E-state index in [1.807, 2.05) is 37.3 Å². The summed E-state index contributed by atoms with van der Waals surface area (Å²) in [5.41, 5.74) is 4.66. The Hall–Kier alpha value is -2.12. The molecule has 0 heterocycles. The van der Waals surface area contributed by atoms with Crippen LogP contribution in [0.15, 0.2) is 52.0 Å². The van der Waals surface area contributed by atoms with E-state index >= 15 is 0 Å². The normalized spacial score (nSPS) is 10.6. The predicted molar refractivity (Wildman–Crippen MR) is 104 cm³/mol. The van der Waals surface area contributed by atoms with E-state index in [1.54, 1.807) is 18.3 Å². The maximum atomic E-state index is 9.88. The molecule has 0 atom stereocenters. The molecule has 2 rings (SSSR count). The van der Waals surface area contributed by atoms with Crippen molar-refractivity contribution in [1.82, 2.24) is 10.7 Å². The highest BCUT2D eigenvalue weighted by Crippen LogP contribution is 2.34. The molecule has 0 unspecified atom stereocenters. The minimum atomic E-state index is 0.0713. The minimum absolute atomic E-state index is 0.0713. The highest BCUT2D eigenvalue weighted by Gasteiger charge is 2.08. The average molecular weight is 408 g/mol. The lowest BCUT2D eigenvalue weighted by molar-refractivity contribution is 0.317. The SMILES string of the molecule is CCOc1cc(/C=N/NC(=S)NCc2ccccc2)cc(Br)c1O. The van der Waals surface area contributed by atoms with E-state index in [9.17, 15) is 5.11 Å². The largest absolute Gasteiger partial charge is 0.503 e. The number of hydrogen-bond donors (Lipinski definition) is 3. The molecule has 0 amide bonds. The molecule has 0 spiro atoms. The van der Waals surface area contributed by atoms with Crippen molar-refractivity contribution in [2.24, 2.45) is 5.10 Å². The number of nitrogens with zero attached hydrogens (tertiary/aromatic N) is 1. The fraction of sp³-hybridized carbons (Fsp3) is 0.176. The molecule has 0 radical (unpaired) electrons. The minimum Gasteiger partial charge on any atom is -0.503 e. The molecule has 0 aromatic heterocycles. The van der Waals surface area contributed by atoms with Gasteiger partial charge in [0.2, 0.25) is 0 Å². The van der Waals surface area contributed by atoms with Gasteiger partial charge in [0.25, 0.3) is 0 Å². The van der Waals surface area contributed by atoms with Crippen LogP contribution in [0.4, 0.5) is 0 Å². The zero-order valence-corrected chi connectivity index (χ0v) is 15.5. The van der Waals surface area contributed by atoms with Crippen LogP contribution in [0.5, 0.6) is 11.5 Å². The van der Waals surface area contributed by atoms with E-state index in [1.165, 1.54) is 0 Å². The van der Waals surface area contributed by atoms with Crippen LogP contribution in [0.1, 0.15) is 18.1 Å². The quantitative estimate of drug-likeness (QED) is 0.388. The first kappa shape index (κ1) is 18.2. The van der Waals surface area contributed by atoms with Crippen LogP contribution in [0.25, 0.3) is 0 Å². The monoisotopic (exact) mass is 407 g/mol. The smallest absolute Gasteiger partial charge is 0.187 e. The van der Waals surface area contributed by atoms with Gasteiger partial charge in [0, 0.05) is 6.54 Å². The Morgan fingerprint density at radius 3 is 2.79 bits per heavy atom. The van der Waals surface area contributed by atoms with Crippen LogP contribution >= 0.6 is 28.1 Å². The third-order valence-corrected chi connectivity index (χ3v) is 3.87. The van der Waals surface area contributed by atoms with Crippen molar-refractivity contribution in [2.45, 2.75) is 13.5 Å². The van der Waals surface area contributed by atoms with Crippen LogP contribution in [0.3, 0.4) is 0 Å². The number of halogens is 1. The Labute approximate surface area is 154 Å². The zero-order chi connectivity index (χ0) is 17.4. The van der Waals surface area contributed by atoms with Gasteiger partial charge >= 0.3 is 0 Å². The molecule has 0 bridgehead atoms. The first-order valence-corrected chi connectivity index (χ1v) is 8.56. The Morgan fingerprint density at radius 2 is 2.08 bits per heavy atom. The van der Waals surface area contributed by atoms with Crippen LogP contribution in [0.2, 0.25) is 0 Å². The summed E-state index contributed by atoms with van der Waals surface area (Å²) < 4.78 is 5.91. The molecular formula is C17H18BrN3O2S. The number of phenolic OH excluding ortho intramolecular Hbond substituents is 1. The van der Waals surface area contributed by atoms with E-state index in [0.717, 1.165) is 11.1 Å². The number of aromatic hydroxyl groups is 1. The fourth-order valence-corrected chi connectivity index (χ4v) is 2.50. The van der Waals surface area contributed by atoms with E-state index in [0.29, 0.717) is 28.5 Å². The first-order valence-electron chi connectivity index (χ1n) is 7.36. The van der Waals surface area contributed by atoms with Crippen LogP contribution < -0.4 is 15.5 Å². The molecule has 0 saturated heterocycles.